The number of ether oxygens (including phenoxy) is 2. The zero-order valence-electron chi connectivity index (χ0n) is 18.0. The van der Waals surface area contributed by atoms with Crippen LogP contribution < -0.4 is 19.7 Å². The third-order valence-electron chi connectivity index (χ3n) is 5.51. The van der Waals surface area contributed by atoms with Crippen LogP contribution in [-0.4, -0.2) is 43.2 Å². The third-order valence-corrected chi connectivity index (χ3v) is 5.51. The van der Waals surface area contributed by atoms with Crippen LogP contribution >= 0.6 is 0 Å². The van der Waals surface area contributed by atoms with Crippen LogP contribution in [0.25, 0.3) is 11.1 Å². The van der Waals surface area contributed by atoms with Crippen molar-refractivity contribution >= 4 is 17.5 Å². The molecule has 3 aromatic rings. The van der Waals surface area contributed by atoms with Crippen LogP contribution in [0.2, 0.25) is 0 Å². The number of hydrogen-bond donors (Lipinski definition) is 1. The van der Waals surface area contributed by atoms with Crippen LogP contribution in [0.5, 0.6) is 11.5 Å². The lowest BCUT2D eigenvalue weighted by Gasteiger charge is -2.32. The molecule has 1 aliphatic heterocycles. The van der Waals surface area contributed by atoms with Gasteiger partial charge in [0.05, 0.1) is 20.1 Å². The first-order chi connectivity index (χ1) is 15.6. The lowest BCUT2D eigenvalue weighted by Crippen LogP contribution is -2.41. The van der Waals surface area contributed by atoms with Gasteiger partial charge < -0.3 is 19.7 Å². The zero-order valence-corrected chi connectivity index (χ0v) is 18.0. The van der Waals surface area contributed by atoms with Crippen molar-refractivity contribution in [1.29, 1.82) is 0 Å². The summed E-state index contributed by atoms with van der Waals surface area (Å²) in [5.74, 6) is 1.26. The minimum Gasteiger partial charge on any atom is -0.497 e. The Morgan fingerprint density at radius 1 is 1.03 bits per heavy atom. The molecule has 1 N–H and O–H groups in total. The smallest absolute Gasteiger partial charge is 0.229 e. The number of halogens is 1. The standard InChI is InChI=1S/C24H25FN4O3/c1-31-21-10-20(11-22(12-21)32-2)28-23(30)17-4-3-9-29(15-17)24-26-13-18(14-27-24)16-5-7-19(25)8-6-16/h5-8,10-14,17H,3-4,9,15H2,1-2H3,(H,28,30)/t17-/m1/s1. The van der Waals surface area contributed by atoms with Crippen LogP contribution in [0.3, 0.4) is 0 Å². The van der Waals surface area contributed by atoms with Gasteiger partial charge in [-0.1, -0.05) is 12.1 Å². The van der Waals surface area contributed by atoms with E-state index in [9.17, 15) is 9.18 Å². The summed E-state index contributed by atoms with van der Waals surface area (Å²) in [5, 5.41) is 2.97. The summed E-state index contributed by atoms with van der Waals surface area (Å²) < 4.78 is 23.7. The monoisotopic (exact) mass is 436 g/mol. The largest absolute Gasteiger partial charge is 0.497 e. The van der Waals surface area contributed by atoms with Crippen LogP contribution in [-0.2, 0) is 4.79 Å². The number of hydrogen-bond acceptors (Lipinski definition) is 6. The van der Waals surface area contributed by atoms with Gasteiger partial charge in [-0.3, -0.25) is 4.79 Å². The number of nitrogens with one attached hydrogen (secondary N) is 1. The summed E-state index contributed by atoms with van der Waals surface area (Å²) in [6.45, 7) is 1.31. The Labute approximate surface area is 186 Å². The number of benzene rings is 2. The normalized spacial score (nSPS) is 15.8. The summed E-state index contributed by atoms with van der Waals surface area (Å²) in [7, 11) is 3.14. The van der Waals surface area contributed by atoms with Gasteiger partial charge in [-0.2, -0.15) is 0 Å². The number of piperidine rings is 1. The Hall–Kier alpha value is -3.68. The fourth-order valence-electron chi connectivity index (χ4n) is 3.77. The summed E-state index contributed by atoms with van der Waals surface area (Å²) in [6, 6.07) is 11.5. The molecule has 0 radical (unpaired) electrons. The number of aromatic nitrogens is 2. The summed E-state index contributed by atoms with van der Waals surface area (Å²) in [5.41, 5.74) is 2.29. The van der Waals surface area contributed by atoms with E-state index in [1.165, 1.54) is 12.1 Å². The van der Waals surface area contributed by atoms with Gasteiger partial charge in [-0.25, -0.2) is 14.4 Å². The first-order valence-corrected chi connectivity index (χ1v) is 10.4. The summed E-state index contributed by atoms with van der Waals surface area (Å²) in [4.78, 5) is 23.9. The number of amides is 1. The third kappa shape index (κ3) is 4.96. The van der Waals surface area contributed by atoms with Gasteiger partial charge in [0.25, 0.3) is 0 Å². The van der Waals surface area contributed by atoms with Crippen LogP contribution in [0.15, 0.2) is 54.9 Å². The second-order valence-electron chi connectivity index (χ2n) is 7.65. The van der Waals surface area contributed by atoms with Gasteiger partial charge in [0.15, 0.2) is 0 Å². The molecule has 32 heavy (non-hydrogen) atoms. The van der Waals surface area contributed by atoms with Crippen molar-refractivity contribution in [3.05, 3.63) is 60.7 Å². The van der Waals surface area contributed by atoms with Gasteiger partial charge in [-0.05, 0) is 30.5 Å². The van der Waals surface area contributed by atoms with E-state index in [1.807, 2.05) is 4.90 Å². The Morgan fingerprint density at radius 2 is 1.69 bits per heavy atom. The minimum absolute atomic E-state index is 0.0621. The quantitative estimate of drug-likeness (QED) is 0.626. The van der Waals surface area contributed by atoms with E-state index in [2.05, 4.69) is 15.3 Å². The van der Waals surface area contributed by atoms with Crippen molar-refractivity contribution in [1.82, 2.24) is 9.97 Å². The molecule has 0 spiro atoms. The first-order valence-electron chi connectivity index (χ1n) is 10.4. The molecule has 7 nitrogen and oxygen atoms in total. The molecule has 2 heterocycles. The molecule has 1 aliphatic rings. The highest BCUT2D eigenvalue weighted by Crippen LogP contribution is 2.28. The number of nitrogens with zero attached hydrogens (tertiary/aromatic N) is 3. The number of rotatable bonds is 6. The van der Waals surface area contributed by atoms with Gasteiger partial charge in [0, 0.05) is 54.9 Å². The highest BCUT2D eigenvalue weighted by molar-refractivity contribution is 5.93. The molecule has 4 rings (SSSR count). The number of anilines is 2. The second kappa shape index (κ2) is 9.64. The fourth-order valence-corrected chi connectivity index (χ4v) is 3.77. The highest BCUT2D eigenvalue weighted by atomic mass is 19.1. The van der Waals surface area contributed by atoms with E-state index in [4.69, 9.17) is 9.47 Å². The molecule has 1 atom stereocenters. The minimum atomic E-state index is -0.281. The summed E-state index contributed by atoms with van der Waals surface area (Å²) in [6.07, 6.45) is 5.10. The maximum atomic E-state index is 13.1. The topological polar surface area (TPSA) is 76.6 Å². The van der Waals surface area contributed by atoms with E-state index < -0.39 is 0 Å². The molecule has 0 saturated carbocycles. The average Bonchev–Trinajstić information content (AvgIpc) is 2.84. The molecular formula is C24H25FN4O3. The van der Waals surface area contributed by atoms with Crippen molar-refractivity contribution in [2.24, 2.45) is 5.92 Å². The van der Waals surface area contributed by atoms with Gasteiger partial charge in [0.2, 0.25) is 11.9 Å². The molecule has 1 amide bonds. The second-order valence-corrected chi connectivity index (χ2v) is 7.65. The van der Waals surface area contributed by atoms with Crippen molar-refractivity contribution in [2.75, 3.05) is 37.5 Å². The maximum Gasteiger partial charge on any atom is 0.229 e. The molecule has 166 valence electrons. The molecule has 1 fully saturated rings. The molecule has 2 aromatic carbocycles. The highest BCUT2D eigenvalue weighted by Gasteiger charge is 2.27. The molecular weight excluding hydrogens is 411 g/mol. The summed E-state index contributed by atoms with van der Waals surface area (Å²) >= 11 is 0. The molecule has 0 unspecified atom stereocenters. The SMILES string of the molecule is COc1cc(NC(=O)[C@@H]2CCCN(c3ncc(-c4ccc(F)cc4)cn3)C2)cc(OC)c1. The Bertz CT molecular complexity index is 1050. The molecule has 8 heteroatoms. The Kier molecular flexibility index (Phi) is 6.49. The predicted octanol–water partition coefficient (Wildman–Crippen LogP) is 4.16. The molecule has 1 saturated heterocycles. The Morgan fingerprint density at radius 3 is 2.31 bits per heavy atom. The average molecular weight is 436 g/mol. The number of carbonyl (C=O) groups is 1. The fraction of sp³-hybridized carbons (Fsp3) is 0.292. The van der Waals surface area contributed by atoms with Crippen molar-refractivity contribution < 1.29 is 18.7 Å². The van der Waals surface area contributed by atoms with E-state index in [-0.39, 0.29) is 17.6 Å². The molecule has 0 bridgehead atoms. The number of methoxy groups -OCH3 is 2. The van der Waals surface area contributed by atoms with Gasteiger partial charge in [0.1, 0.15) is 17.3 Å². The lowest BCUT2D eigenvalue weighted by atomic mass is 9.97. The van der Waals surface area contributed by atoms with Gasteiger partial charge >= 0.3 is 0 Å². The Balaban J connectivity index is 1.43. The van der Waals surface area contributed by atoms with Crippen molar-refractivity contribution in [3.63, 3.8) is 0 Å². The maximum absolute atomic E-state index is 13.1. The first kappa shape index (κ1) is 21.5. The lowest BCUT2D eigenvalue weighted by molar-refractivity contribution is -0.120. The van der Waals surface area contributed by atoms with E-state index >= 15 is 0 Å². The van der Waals surface area contributed by atoms with Crippen molar-refractivity contribution in [3.8, 4) is 22.6 Å². The van der Waals surface area contributed by atoms with Crippen LogP contribution in [0.1, 0.15) is 12.8 Å². The van der Waals surface area contributed by atoms with E-state index in [0.717, 1.165) is 30.5 Å². The van der Waals surface area contributed by atoms with Gasteiger partial charge in [-0.15, -0.1) is 0 Å². The van der Waals surface area contributed by atoms with Crippen LogP contribution in [0.4, 0.5) is 16.0 Å². The number of carbonyl (C=O) groups excluding carboxylic acids is 1. The molecule has 0 aliphatic carbocycles. The molecule has 1 aromatic heterocycles. The zero-order chi connectivity index (χ0) is 22.5. The van der Waals surface area contributed by atoms with E-state index in [1.54, 1.807) is 56.9 Å². The van der Waals surface area contributed by atoms with Crippen molar-refractivity contribution in [2.45, 2.75) is 12.8 Å². The van der Waals surface area contributed by atoms with E-state index in [0.29, 0.717) is 29.7 Å². The van der Waals surface area contributed by atoms with Crippen LogP contribution in [0, 0.1) is 11.7 Å². The predicted molar refractivity (Wildman–Crippen MR) is 121 cm³/mol.